The molecule has 0 N–H and O–H groups in total. The Labute approximate surface area is 72.7 Å². The first-order valence-electron chi connectivity index (χ1n) is 4.04. The Balaban J connectivity index is 3.36. The summed E-state index contributed by atoms with van der Waals surface area (Å²) >= 11 is 1.28. The van der Waals surface area contributed by atoms with Gasteiger partial charge in [-0.15, -0.1) is 0 Å². The predicted octanol–water partition coefficient (Wildman–Crippen LogP) is 3.06. The third kappa shape index (κ3) is 6.23. The maximum Gasteiger partial charge on any atom is 0.367 e. The summed E-state index contributed by atoms with van der Waals surface area (Å²) in [6, 6.07) is 0. The standard InChI is InChI=1S/C8H16O2S/c1-4-6-10-8(9)11-7(3)5-2/h7H,4-6H2,1-3H3. The minimum absolute atomic E-state index is 0.138. The van der Waals surface area contributed by atoms with E-state index in [1.54, 1.807) is 0 Å². The minimum atomic E-state index is -0.138. The molecule has 2 nitrogen and oxygen atoms in total. The lowest BCUT2D eigenvalue weighted by Crippen LogP contribution is -2.04. The largest absolute Gasteiger partial charge is 0.458 e. The van der Waals surface area contributed by atoms with Gasteiger partial charge in [0.1, 0.15) is 0 Å². The van der Waals surface area contributed by atoms with Crippen LogP contribution in [0.4, 0.5) is 4.79 Å². The third-order valence-corrected chi connectivity index (χ3v) is 2.34. The highest BCUT2D eigenvalue weighted by Crippen LogP contribution is 2.15. The number of carbonyl (C=O) groups excluding carboxylic acids is 1. The number of hydrogen-bond donors (Lipinski definition) is 0. The molecule has 0 saturated heterocycles. The van der Waals surface area contributed by atoms with E-state index in [0.717, 1.165) is 12.8 Å². The fraction of sp³-hybridized carbons (Fsp3) is 0.875. The molecule has 0 aliphatic carbocycles. The molecule has 0 bridgehead atoms. The molecule has 0 aromatic rings. The fourth-order valence-electron chi connectivity index (χ4n) is 0.467. The lowest BCUT2D eigenvalue weighted by molar-refractivity contribution is 0.175. The Morgan fingerprint density at radius 3 is 2.64 bits per heavy atom. The Bertz CT molecular complexity index is 115. The van der Waals surface area contributed by atoms with Crippen molar-refractivity contribution in [2.24, 2.45) is 0 Å². The zero-order valence-electron chi connectivity index (χ0n) is 7.42. The van der Waals surface area contributed by atoms with Gasteiger partial charge in [0.05, 0.1) is 6.61 Å². The van der Waals surface area contributed by atoms with E-state index < -0.39 is 0 Å². The van der Waals surface area contributed by atoms with Crippen molar-refractivity contribution in [3.8, 4) is 0 Å². The molecule has 0 fully saturated rings. The average molecular weight is 176 g/mol. The molecule has 0 amide bonds. The molecule has 0 heterocycles. The molecular weight excluding hydrogens is 160 g/mol. The van der Waals surface area contributed by atoms with Crippen molar-refractivity contribution in [3.05, 3.63) is 0 Å². The topological polar surface area (TPSA) is 26.3 Å². The highest BCUT2D eigenvalue weighted by molar-refractivity contribution is 8.13. The summed E-state index contributed by atoms with van der Waals surface area (Å²) in [5.74, 6) is 0. The van der Waals surface area contributed by atoms with Crippen LogP contribution in [0, 0.1) is 0 Å². The monoisotopic (exact) mass is 176 g/mol. The van der Waals surface area contributed by atoms with Gasteiger partial charge in [-0.25, -0.2) is 4.79 Å². The summed E-state index contributed by atoms with van der Waals surface area (Å²) in [6.07, 6.45) is 1.90. The van der Waals surface area contributed by atoms with E-state index in [9.17, 15) is 4.79 Å². The summed E-state index contributed by atoms with van der Waals surface area (Å²) in [5.41, 5.74) is 0. The summed E-state index contributed by atoms with van der Waals surface area (Å²) < 4.78 is 4.89. The normalized spacial score (nSPS) is 12.6. The molecule has 11 heavy (non-hydrogen) atoms. The average Bonchev–Trinajstić information content (AvgIpc) is 2.00. The third-order valence-electron chi connectivity index (χ3n) is 1.30. The maximum absolute atomic E-state index is 10.9. The van der Waals surface area contributed by atoms with Gasteiger partial charge < -0.3 is 4.74 Å². The second-order valence-corrected chi connectivity index (χ2v) is 3.81. The van der Waals surface area contributed by atoms with E-state index in [0.29, 0.717) is 11.9 Å². The van der Waals surface area contributed by atoms with Gasteiger partial charge in [0, 0.05) is 5.25 Å². The van der Waals surface area contributed by atoms with Gasteiger partial charge in [-0.1, -0.05) is 20.8 Å². The zero-order chi connectivity index (χ0) is 8.69. The van der Waals surface area contributed by atoms with Crippen molar-refractivity contribution in [2.75, 3.05) is 6.61 Å². The van der Waals surface area contributed by atoms with Crippen LogP contribution >= 0.6 is 11.8 Å². The van der Waals surface area contributed by atoms with Crippen LogP contribution in [0.2, 0.25) is 0 Å². The van der Waals surface area contributed by atoms with E-state index in [-0.39, 0.29) is 5.30 Å². The molecule has 0 aromatic carbocycles. The molecular formula is C8H16O2S. The molecule has 0 saturated carbocycles. The molecule has 0 aromatic heterocycles. The van der Waals surface area contributed by atoms with Gasteiger partial charge in [0.2, 0.25) is 0 Å². The number of rotatable bonds is 4. The molecule has 1 atom stereocenters. The smallest absolute Gasteiger partial charge is 0.367 e. The van der Waals surface area contributed by atoms with Crippen molar-refractivity contribution in [1.82, 2.24) is 0 Å². The fourth-order valence-corrected chi connectivity index (χ4v) is 1.11. The number of carbonyl (C=O) groups is 1. The van der Waals surface area contributed by atoms with Crippen molar-refractivity contribution in [1.29, 1.82) is 0 Å². The van der Waals surface area contributed by atoms with Crippen LogP contribution in [0.5, 0.6) is 0 Å². The first kappa shape index (κ1) is 10.8. The Kier molecular flexibility index (Phi) is 6.42. The Morgan fingerprint density at radius 1 is 1.55 bits per heavy atom. The van der Waals surface area contributed by atoms with E-state index in [2.05, 4.69) is 6.92 Å². The van der Waals surface area contributed by atoms with Gasteiger partial charge in [-0.05, 0) is 24.6 Å². The van der Waals surface area contributed by atoms with Crippen molar-refractivity contribution in [2.45, 2.75) is 38.9 Å². The van der Waals surface area contributed by atoms with E-state index >= 15 is 0 Å². The lowest BCUT2D eigenvalue weighted by atomic mass is 10.4. The van der Waals surface area contributed by atoms with Crippen LogP contribution in [0.15, 0.2) is 0 Å². The molecule has 0 rings (SSSR count). The first-order valence-corrected chi connectivity index (χ1v) is 4.92. The molecule has 66 valence electrons. The summed E-state index contributed by atoms with van der Waals surface area (Å²) in [4.78, 5) is 10.9. The SMILES string of the molecule is CCCOC(=O)SC(C)CC. The molecule has 0 radical (unpaired) electrons. The lowest BCUT2D eigenvalue weighted by Gasteiger charge is -2.06. The quantitative estimate of drug-likeness (QED) is 0.616. The predicted molar refractivity (Wildman–Crippen MR) is 49.0 cm³/mol. The van der Waals surface area contributed by atoms with E-state index in [1.165, 1.54) is 11.8 Å². The Morgan fingerprint density at radius 2 is 2.18 bits per heavy atom. The van der Waals surface area contributed by atoms with Crippen LogP contribution in [-0.2, 0) is 4.74 Å². The number of ether oxygens (including phenoxy) is 1. The summed E-state index contributed by atoms with van der Waals surface area (Å²) in [5, 5.41) is 0.237. The number of thioether (sulfide) groups is 1. The van der Waals surface area contributed by atoms with Gasteiger partial charge in [-0.3, -0.25) is 0 Å². The summed E-state index contributed by atoms with van der Waals surface area (Å²) in [6.45, 7) is 6.62. The highest BCUT2D eigenvalue weighted by Gasteiger charge is 2.07. The zero-order valence-corrected chi connectivity index (χ0v) is 8.24. The van der Waals surface area contributed by atoms with Gasteiger partial charge in [0.15, 0.2) is 0 Å². The number of hydrogen-bond acceptors (Lipinski definition) is 3. The van der Waals surface area contributed by atoms with Gasteiger partial charge >= 0.3 is 5.30 Å². The molecule has 0 aliphatic rings. The van der Waals surface area contributed by atoms with Crippen LogP contribution in [0.1, 0.15) is 33.6 Å². The highest BCUT2D eigenvalue weighted by atomic mass is 32.2. The van der Waals surface area contributed by atoms with Crippen LogP contribution in [-0.4, -0.2) is 17.2 Å². The van der Waals surface area contributed by atoms with Crippen LogP contribution < -0.4 is 0 Å². The molecule has 3 heteroatoms. The van der Waals surface area contributed by atoms with Crippen molar-refractivity contribution in [3.63, 3.8) is 0 Å². The second kappa shape index (κ2) is 6.53. The maximum atomic E-state index is 10.9. The van der Waals surface area contributed by atoms with Crippen LogP contribution in [0.3, 0.4) is 0 Å². The van der Waals surface area contributed by atoms with Crippen molar-refractivity contribution < 1.29 is 9.53 Å². The first-order chi connectivity index (χ1) is 5.20. The van der Waals surface area contributed by atoms with Crippen LogP contribution in [0.25, 0.3) is 0 Å². The van der Waals surface area contributed by atoms with Gasteiger partial charge in [-0.2, -0.15) is 0 Å². The van der Waals surface area contributed by atoms with Crippen molar-refractivity contribution >= 4 is 17.1 Å². The molecule has 0 spiro atoms. The molecule has 1 unspecified atom stereocenters. The Hall–Kier alpha value is -0.180. The second-order valence-electron chi connectivity index (χ2n) is 2.44. The van der Waals surface area contributed by atoms with E-state index in [1.807, 2.05) is 13.8 Å². The van der Waals surface area contributed by atoms with E-state index in [4.69, 9.17) is 4.74 Å². The molecule has 0 aliphatic heterocycles. The van der Waals surface area contributed by atoms with Gasteiger partial charge in [0.25, 0.3) is 0 Å². The summed E-state index contributed by atoms with van der Waals surface area (Å²) in [7, 11) is 0. The minimum Gasteiger partial charge on any atom is -0.458 e.